The topological polar surface area (TPSA) is 75.2 Å². The second-order valence-corrected chi connectivity index (χ2v) is 6.98. The third-order valence-corrected chi connectivity index (χ3v) is 5.03. The van der Waals surface area contributed by atoms with E-state index in [1.165, 1.54) is 25.5 Å². The summed E-state index contributed by atoms with van der Waals surface area (Å²) >= 11 is 0. The van der Waals surface area contributed by atoms with Crippen molar-refractivity contribution in [3.8, 4) is 0 Å². The number of rotatable bonds is 3. The third-order valence-electron chi connectivity index (χ3n) is 5.03. The first-order valence-electron chi connectivity index (χ1n) is 9.02. The molecular weight excluding hydrogens is 304 g/mol. The Labute approximate surface area is 143 Å². The van der Waals surface area contributed by atoms with Crippen molar-refractivity contribution in [3.63, 3.8) is 0 Å². The zero-order valence-corrected chi connectivity index (χ0v) is 14.3. The summed E-state index contributed by atoms with van der Waals surface area (Å²) in [6.07, 6.45) is 10.7. The van der Waals surface area contributed by atoms with Gasteiger partial charge in [-0.2, -0.15) is 0 Å². The van der Waals surface area contributed by atoms with Gasteiger partial charge in [0.1, 0.15) is 5.69 Å². The largest absolute Gasteiger partial charge is 0.353 e. The Hall–Kier alpha value is -1.98. The van der Waals surface area contributed by atoms with E-state index >= 15 is 0 Å². The van der Waals surface area contributed by atoms with Crippen LogP contribution in [0.15, 0.2) is 12.4 Å². The van der Waals surface area contributed by atoms with Crippen molar-refractivity contribution >= 4 is 11.8 Å². The number of hydrogen-bond acceptors (Lipinski definition) is 4. The van der Waals surface area contributed by atoms with E-state index in [1.807, 2.05) is 6.92 Å². The normalized spacial score (nSPS) is 22.2. The molecule has 6 heteroatoms. The van der Waals surface area contributed by atoms with Crippen LogP contribution in [-0.4, -0.2) is 45.8 Å². The maximum absolute atomic E-state index is 12.6. The first kappa shape index (κ1) is 16.9. The predicted molar refractivity (Wildman–Crippen MR) is 90.4 cm³/mol. The summed E-state index contributed by atoms with van der Waals surface area (Å²) in [5.74, 6) is -0.130. The van der Waals surface area contributed by atoms with E-state index in [4.69, 9.17) is 0 Å². The van der Waals surface area contributed by atoms with Crippen LogP contribution in [0.4, 0.5) is 0 Å². The average Bonchev–Trinajstić information content (AvgIpc) is 2.63. The maximum atomic E-state index is 12.6. The van der Waals surface area contributed by atoms with Crippen LogP contribution in [0, 0.1) is 12.8 Å². The minimum Gasteiger partial charge on any atom is -0.353 e. The lowest BCUT2D eigenvalue weighted by Crippen LogP contribution is -2.48. The molecule has 2 aliphatic rings. The van der Waals surface area contributed by atoms with E-state index in [2.05, 4.69) is 15.3 Å². The fraction of sp³-hybridized carbons (Fsp3) is 0.667. The number of likely N-dealkylation sites (tertiary alicyclic amines) is 1. The Morgan fingerprint density at radius 1 is 1.08 bits per heavy atom. The van der Waals surface area contributed by atoms with Gasteiger partial charge in [0.05, 0.1) is 17.8 Å². The number of aryl methyl sites for hydroxylation is 1. The highest BCUT2D eigenvalue weighted by Crippen LogP contribution is 2.21. The highest BCUT2D eigenvalue weighted by Gasteiger charge is 2.30. The van der Waals surface area contributed by atoms with Crippen molar-refractivity contribution in [1.29, 1.82) is 0 Å². The van der Waals surface area contributed by atoms with Crippen LogP contribution in [0.2, 0.25) is 0 Å². The van der Waals surface area contributed by atoms with Gasteiger partial charge in [-0.05, 0) is 32.6 Å². The Bertz CT molecular complexity index is 581. The second-order valence-electron chi connectivity index (χ2n) is 6.98. The molecule has 1 aromatic heterocycles. The molecule has 1 aliphatic carbocycles. The lowest BCUT2D eigenvalue weighted by Gasteiger charge is -2.33. The lowest BCUT2D eigenvalue weighted by atomic mass is 9.93. The molecule has 0 bridgehead atoms. The SMILES string of the molecule is Cc1cnc(C(=O)N2CCC[C@H](C(=O)NC3CCCCC3)C2)cn1. The van der Waals surface area contributed by atoms with Crippen LogP contribution in [0.1, 0.15) is 61.1 Å². The number of carbonyl (C=O) groups excluding carboxylic acids is 2. The lowest BCUT2D eigenvalue weighted by molar-refractivity contribution is -0.127. The van der Waals surface area contributed by atoms with Gasteiger partial charge in [-0.25, -0.2) is 4.98 Å². The molecule has 0 spiro atoms. The molecule has 0 radical (unpaired) electrons. The van der Waals surface area contributed by atoms with Gasteiger partial charge in [-0.3, -0.25) is 14.6 Å². The second kappa shape index (κ2) is 7.73. The summed E-state index contributed by atoms with van der Waals surface area (Å²) in [6.45, 7) is 3.00. The molecule has 3 rings (SSSR count). The predicted octanol–water partition coefficient (Wildman–Crippen LogP) is 2.09. The standard InChI is InChI=1S/C18H26N4O2/c1-13-10-20-16(11-19-13)18(24)22-9-5-6-14(12-22)17(23)21-15-7-3-2-4-8-15/h10-11,14-15H,2-9,12H2,1H3,(H,21,23)/t14-/m0/s1. The molecular formula is C18H26N4O2. The zero-order valence-electron chi connectivity index (χ0n) is 14.3. The van der Waals surface area contributed by atoms with Gasteiger partial charge in [0.2, 0.25) is 5.91 Å². The Balaban J connectivity index is 1.58. The van der Waals surface area contributed by atoms with Gasteiger partial charge in [-0.15, -0.1) is 0 Å². The molecule has 1 aromatic rings. The van der Waals surface area contributed by atoms with Crippen molar-refractivity contribution in [3.05, 3.63) is 23.8 Å². The number of aromatic nitrogens is 2. The van der Waals surface area contributed by atoms with Crippen molar-refractivity contribution in [1.82, 2.24) is 20.2 Å². The van der Waals surface area contributed by atoms with E-state index in [9.17, 15) is 9.59 Å². The van der Waals surface area contributed by atoms with E-state index in [-0.39, 0.29) is 17.7 Å². The molecule has 1 saturated heterocycles. The van der Waals surface area contributed by atoms with Crippen LogP contribution in [0.5, 0.6) is 0 Å². The quantitative estimate of drug-likeness (QED) is 0.921. The van der Waals surface area contributed by atoms with Gasteiger partial charge < -0.3 is 10.2 Å². The summed E-state index contributed by atoms with van der Waals surface area (Å²) in [6, 6.07) is 0.320. The first-order chi connectivity index (χ1) is 11.6. The van der Waals surface area contributed by atoms with Crippen LogP contribution < -0.4 is 5.32 Å². The van der Waals surface area contributed by atoms with Gasteiger partial charge in [0, 0.05) is 25.3 Å². The molecule has 1 saturated carbocycles. The number of nitrogens with zero attached hydrogens (tertiary/aromatic N) is 3. The van der Waals surface area contributed by atoms with Gasteiger partial charge in [0.25, 0.3) is 5.91 Å². The van der Waals surface area contributed by atoms with E-state index < -0.39 is 0 Å². The average molecular weight is 330 g/mol. The van der Waals surface area contributed by atoms with Gasteiger partial charge in [0.15, 0.2) is 0 Å². The minimum atomic E-state index is -0.127. The summed E-state index contributed by atoms with van der Waals surface area (Å²) in [4.78, 5) is 35.1. The fourth-order valence-electron chi connectivity index (χ4n) is 3.61. The van der Waals surface area contributed by atoms with E-state index in [1.54, 1.807) is 11.1 Å². The Morgan fingerprint density at radius 2 is 1.88 bits per heavy atom. The molecule has 2 amide bonds. The smallest absolute Gasteiger partial charge is 0.274 e. The molecule has 24 heavy (non-hydrogen) atoms. The number of hydrogen-bond donors (Lipinski definition) is 1. The number of nitrogens with one attached hydrogen (secondary N) is 1. The fourth-order valence-corrected chi connectivity index (χ4v) is 3.61. The molecule has 2 heterocycles. The first-order valence-corrected chi connectivity index (χ1v) is 9.02. The third kappa shape index (κ3) is 4.10. The summed E-state index contributed by atoms with van der Waals surface area (Å²) in [5, 5.41) is 3.19. The van der Waals surface area contributed by atoms with Crippen molar-refractivity contribution in [2.45, 2.75) is 57.9 Å². The maximum Gasteiger partial charge on any atom is 0.274 e. The van der Waals surface area contributed by atoms with Crippen LogP contribution in [0.25, 0.3) is 0 Å². The number of carbonyl (C=O) groups is 2. The molecule has 130 valence electrons. The Kier molecular flexibility index (Phi) is 5.43. The number of amides is 2. The van der Waals surface area contributed by atoms with Crippen molar-refractivity contribution < 1.29 is 9.59 Å². The molecule has 6 nitrogen and oxygen atoms in total. The van der Waals surface area contributed by atoms with Gasteiger partial charge in [-0.1, -0.05) is 19.3 Å². The van der Waals surface area contributed by atoms with Crippen molar-refractivity contribution in [2.75, 3.05) is 13.1 Å². The van der Waals surface area contributed by atoms with E-state index in [0.29, 0.717) is 24.8 Å². The van der Waals surface area contributed by atoms with Crippen LogP contribution in [0.3, 0.4) is 0 Å². The molecule has 0 aromatic carbocycles. The minimum absolute atomic E-state index is 0.106. The van der Waals surface area contributed by atoms with E-state index in [0.717, 1.165) is 31.4 Å². The monoisotopic (exact) mass is 330 g/mol. The molecule has 0 unspecified atom stereocenters. The highest BCUT2D eigenvalue weighted by atomic mass is 16.2. The summed E-state index contributed by atoms with van der Waals surface area (Å²) < 4.78 is 0. The number of piperidine rings is 1. The summed E-state index contributed by atoms with van der Waals surface area (Å²) in [5.41, 5.74) is 1.14. The molecule has 1 aliphatic heterocycles. The molecule has 1 atom stereocenters. The highest BCUT2D eigenvalue weighted by molar-refractivity contribution is 5.92. The summed E-state index contributed by atoms with van der Waals surface area (Å²) in [7, 11) is 0. The Morgan fingerprint density at radius 3 is 2.58 bits per heavy atom. The molecule has 2 fully saturated rings. The van der Waals surface area contributed by atoms with Crippen LogP contribution in [-0.2, 0) is 4.79 Å². The van der Waals surface area contributed by atoms with Gasteiger partial charge >= 0.3 is 0 Å². The van der Waals surface area contributed by atoms with Crippen molar-refractivity contribution in [2.24, 2.45) is 5.92 Å². The zero-order chi connectivity index (χ0) is 16.9. The van der Waals surface area contributed by atoms with Crippen LogP contribution >= 0.6 is 0 Å². The molecule has 1 N–H and O–H groups in total.